The van der Waals surface area contributed by atoms with Crippen LogP contribution in [0.2, 0.25) is 0 Å². The first-order valence-electron chi connectivity index (χ1n) is 6.49. The largest absolute Gasteiger partial charge is 0.444 e. The van der Waals surface area contributed by atoms with Crippen molar-refractivity contribution in [3.05, 3.63) is 35.9 Å². The summed E-state index contributed by atoms with van der Waals surface area (Å²) in [7, 11) is 0. The van der Waals surface area contributed by atoms with Gasteiger partial charge < -0.3 is 15.2 Å². The van der Waals surface area contributed by atoms with Gasteiger partial charge in [-0.2, -0.15) is 0 Å². The van der Waals surface area contributed by atoms with E-state index in [1.165, 1.54) is 0 Å². The fourth-order valence-electron chi connectivity index (χ4n) is 1.67. The van der Waals surface area contributed by atoms with Crippen LogP contribution in [0.4, 0.5) is 4.79 Å². The van der Waals surface area contributed by atoms with Crippen LogP contribution in [0.25, 0.3) is 0 Å². The van der Waals surface area contributed by atoms with E-state index < -0.39 is 17.8 Å². The lowest BCUT2D eigenvalue weighted by Crippen LogP contribution is -2.45. The minimum atomic E-state index is -0.646. The van der Waals surface area contributed by atoms with Crippen LogP contribution >= 0.6 is 0 Å². The van der Waals surface area contributed by atoms with Crippen LogP contribution in [0, 0.1) is 0 Å². The van der Waals surface area contributed by atoms with Crippen LogP contribution < -0.4 is 5.32 Å². The van der Waals surface area contributed by atoms with Gasteiger partial charge in [-0.05, 0) is 39.7 Å². The second-order valence-corrected chi connectivity index (χ2v) is 5.68. The molecule has 2 unspecified atom stereocenters. The Kier molecular flexibility index (Phi) is 5.36. The van der Waals surface area contributed by atoms with Crippen molar-refractivity contribution in [2.24, 2.45) is 0 Å². The molecule has 0 radical (unpaired) electrons. The highest BCUT2D eigenvalue weighted by Gasteiger charge is 2.22. The minimum absolute atomic E-state index is 0.364. The number of carbonyl (C=O) groups excluding carboxylic acids is 1. The summed E-state index contributed by atoms with van der Waals surface area (Å²) in [6, 6.07) is 9.36. The van der Waals surface area contributed by atoms with Crippen molar-refractivity contribution in [1.29, 1.82) is 0 Å². The van der Waals surface area contributed by atoms with E-state index in [9.17, 15) is 9.90 Å². The predicted octanol–water partition coefficient (Wildman–Crippen LogP) is 2.50. The molecule has 0 fully saturated rings. The fraction of sp³-hybridized carbons (Fsp3) is 0.533. The Labute approximate surface area is 114 Å². The van der Waals surface area contributed by atoms with Crippen LogP contribution in [0.15, 0.2) is 30.3 Å². The van der Waals surface area contributed by atoms with Crippen molar-refractivity contribution in [2.45, 2.75) is 51.9 Å². The molecule has 0 aromatic heterocycles. The molecule has 0 bridgehead atoms. The van der Waals surface area contributed by atoms with Crippen molar-refractivity contribution in [2.75, 3.05) is 0 Å². The molecule has 2 N–H and O–H groups in total. The summed E-state index contributed by atoms with van der Waals surface area (Å²) in [5.74, 6) is 0. The number of rotatable bonds is 4. The second kappa shape index (κ2) is 6.57. The highest BCUT2D eigenvalue weighted by atomic mass is 16.6. The lowest BCUT2D eigenvalue weighted by Gasteiger charge is -2.25. The standard InChI is InChI=1S/C15H23NO3/c1-11(17)13(10-12-8-6-5-7-9-12)16-14(18)19-15(2,3)4/h5-9,11,13,17H,10H2,1-4H3,(H,16,18). The van der Waals surface area contributed by atoms with Crippen LogP contribution in [0.3, 0.4) is 0 Å². The Morgan fingerprint density at radius 2 is 1.89 bits per heavy atom. The first-order chi connectivity index (χ1) is 8.78. The van der Waals surface area contributed by atoms with Gasteiger partial charge in [0.1, 0.15) is 5.60 Å². The summed E-state index contributed by atoms with van der Waals surface area (Å²) >= 11 is 0. The van der Waals surface area contributed by atoms with Crippen molar-refractivity contribution in [1.82, 2.24) is 5.32 Å². The number of aliphatic hydroxyl groups excluding tert-OH is 1. The summed E-state index contributed by atoms with van der Waals surface area (Å²) in [6.07, 6.45) is -0.584. The number of amides is 1. The number of benzene rings is 1. The normalized spacial score (nSPS) is 14.6. The quantitative estimate of drug-likeness (QED) is 0.879. The molecule has 0 aliphatic rings. The zero-order valence-corrected chi connectivity index (χ0v) is 12.0. The third-order valence-corrected chi connectivity index (χ3v) is 2.58. The van der Waals surface area contributed by atoms with E-state index in [2.05, 4.69) is 5.32 Å². The maximum atomic E-state index is 11.7. The number of alkyl carbamates (subject to hydrolysis) is 1. The van der Waals surface area contributed by atoms with Gasteiger partial charge in [0.2, 0.25) is 0 Å². The molecule has 19 heavy (non-hydrogen) atoms. The van der Waals surface area contributed by atoms with Crippen molar-refractivity contribution < 1.29 is 14.6 Å². The third kappa shape index (κ3) is 6.25. The molecular weight excluding hydrogens is 242 g/mol. The van der Waals surface area contributed by atoms with Crippen LogP contribution in [0.1, 0.15) is 33.3 Å². The van der Waals surface area contributed by atoms with Crippen LogP contribution in [-0.2, 0) is 11.2 Å². The van der Waals surface area contributed by atoms with Gasteiger partial charge >= 0.3 is 6.09 Å². The molecule has 1 amide bonds. The Hall–Kier alpha value is -1.55. The van der Waals surface area contributed by atoms with Crippen molar-refractivity contribution in [3.8, 4) is 0 Å². The number of ether oxygens (including phenoxy) is 1. The highest BCUT2D eigenvalue weighted by molar-refractivity contribution is 5.68. The van der Waals surface area contributed by atoms with E-state index in [-0.39, 0.29) is 6.04 Å². The fourth-order valence-corrected chi connectivity index (χ4v) is 1.67. The molecule has 2 atom stereocenters. The van der Waals surface area contributed by atoms with Gasteiger partial charge in [0, 0.05) is 0 Å². The SMILES string of the molecule is CC(O)C(Cc1ccccc1)NC(=O)OC(C)(C)C. The molecule has 4 nitrogen and oxygen atoms in total. The number of aliphatic hydroxyl groups is 1. The monoisotopic (exact) mass is 265 g/mol. The molecular formula is C15H23NO3. The molecule has 0 heterocycles. The summed E-state index contributed by atoms with van der Waals surface area (Å²) in [4.78, 5) is 11.7. The second-order valence-electron chi connectivity index (χ2n) is 5.68. The molecule has 0 spiro atoms. The molecule has 1 rings (SSSR count). The highest BCUT2D eigenvalue weighted by Crippen LogP contribution is 2.10. The molecule has 0 aliphatic heterocycles. The first kappa shape index (κ1) is 15.5. The van der Waals surface area contributed by atoms with Crippen molar-refractivity contribution >= 4 is 6.09 Å². The summed E-state index contributed by atoms with van der Waals surface area (Å²) in [5.41, 5.74) is 0.518. The van der Waals surface area contributed by atoms with E-state index in [0.29, 0.717) is 6.42 Å². The maximum Gasteiger partial charge on any atom is 0.407 e. The number of hydrogen-bond acceptors (Lipinski definition) is 3. The van der Waals surface area contributed by atoms with Crippen LogP contribution in [0.5, 0.6) is 0 Å². The Bertz CT molecular complexity index is 396. The predicted molar refractivity (Wildman–Crippen MR) is 75.0 cm³/mol. The molecule has 0 aliphatic carbocycles. The molecule has 1 aromatic rings. The smallest absolute Gasteiger partial charge is 0.407 e. The molecule has 1 aromatic carbocycles. The number of carbonyl (C=O) groups is 1. The molecule has 4 heteroatoms. The van der Waals surface area contributed by atoms with E-state index >= 15 is 0 Å². The van der Waals surface area contributed by atoms with Crippen molar-refractivity contribution in [3.63, 3.8) is 0 Å². The minimum Gasteiger partial charge on any atom is -0.444 e. The molecule has 0 saturated heterocycles. The first-order valence-corrected chi connectivity index (χ1v) is 6.49. The van der Waals surface area contributed by atoms with Gasteiger partial charge in [0.15, 0.2) is 0 Å². The van der Waals surface area contributed by atoms with Crippen LogP contribution in [-0.4, -0.2) is 28.9 Å². The maximum absolute atomic E-state index is 11.7. The summed E-state index contributed by atoms with van der Waals surface area (Å²) in [6.45, 7) is 7.08. The zero-order chi connectivity index (χ0) is 14.5. The van der Waals surface area contributed by atoms with E-state index in [1.54, 1.807) is 27.7 Å². The van der Waals surface area contributed by atoms with Gasteiger partial charge in [-0.25, -0.2) is 4.79 Å². The van der Waals surface area contributed by atoms with Gasteiger partial charge in [-0.15, -0.1) is 0 Å². The number of nitrogens with one attached hydrogen (secondary N) is 1. The summed E-state index contributed by atoms with van der Waals surface area (Å²) < 4.78 is 5.19. The molecule has 106 valence electrons. The third-order valence-electron chi connectivity index (χ3n) is 2.58. The van der Waals surface area contributed by atoms with Gasteiger partial charge in [0.25, 0.3) is 0 Å². The summed E-state index contributed by atoms with van der Waals surface area (Å²) in [5, 5.41) is 12.5. The average Bonchev–Trinajstić information content (AvgIpc) is 2.26. The lowest BCUT2D eigenvalue weighted by atomic mass is 10.0. The van der Waals surface area contributed by atoms with Gasteiger partial charge in [-0.3, -0.25) is 0 Å². The lowest BCUT2D eigenvalue weighted by molar-refractivity contribution is 0.0437. The van der Waals surface area contributed by atoms with E-state index in [0.717, 1.165) is 5.56 Å². The number of hydrogen-bond donors (Lipinski definition) is 2. The Morgan fingerprint density at radius 3 is 2.37 bits per heavy atom. The average molecular weight is 265 g/mol. The Morgan fingerprint density at radius 1 is 1.32 bits per heavy atom. The van der Waals surface area contributed by atoms with Gasteiger partial charge in [-0.1, -0.05) is 30.3 Å². The topological polar surface area (TPSA) is 58.6 Å². The Balaban J connectivity index is 2.61. The van der Waals surface area contributed by atoms with E-state index in [4.69, 9.17) is 4.74 Å². The van der Waals surface area contributed by atoms with Gasteiger partial charge in [0.05, 0.1) is 12.1 Å². The van der Waals surface area contributed by atoms with E-state index in [1.807, 2.05) is 30.3 Å². The zero-order valence-electron chi connectivity index (χ0n) is 12.0. The molecule has 0 saturated carbocycles.